The number of nitrogens with two attached hydrogens (primary N) is 1. The lowest BCUT2D eigenvalue weighted by molar-refractivity contribution is 0.575. The van der Waals surface area contributed by atoms with E-state index in [0.29, 0.717) is 15.7 Å². The Balaban J connectivity index is 2.49. The van der Waals surface area contributed by atoms with Gasteiger partial charge in [-0.1, -0.05) is 22.0 Å². The van der Waals surface area contributed by atoms with Gasteiger partial charge in [0.05, 0.1) is 6.04 Å². The average molecular weight is 310 g/mol. The first-order valence-corrected chi connectivity index (χ1v) is 6.24. The van der Waals surface area contributed by atoms with Crippen molar-refractivity contribution in [3.8, 4) is 0 Å². The summed E-state index contributed by atoms with van der Waals surface area (Å²) in [4.78, 5) is 4.04. The lowest BCUT2D eigenvalue weighted by Gasteiger charge is -2.19. The first-order chi connectivity index (χ1) is 8.63. The second kappa shape index (κ2) is 5.46. The number of aromatic nitrogens is 1. The van der Waals surface area contributed by atoms with Crippen LogP contribution in [0.5, 0.6) is 0 Å². The normalized spacial score (nSPS) is 12.4. The van der Waals surface area contributed by atoms with Crippen molar-refractivity contribution < 1.29 is 4.39 Å². The Morgan fingerprint density at radius 3 is 2.72 bits per heavy atom. The number of pyridine rings is 1. The average Bonchev–Trinajstić information content (AvgIpc) is 2.34. The molecule has 0 saturated heterocycles. The molecule has 3 nitrogen and oxygen atoms in total. The molecule has 0 bridgehead atoms. The maximum absolute atomic E-state index is 14.0. The van der Waals surface area contributed by atoms with Crippen molar-refractivity contribution in [3.63, 3.8) is 0 Å². The van der Waals surface area contributed by atoms with E-state index in [1.807, 2.05) is 0 Å². The molecular weight excluding hydrogens is 297 g/mol. The molecule has 1 aromatic heterocycles. The molecule has 1 unspecified atom stereocenters. The molecule has 2 rings (SSSR count). The maximum Gasteiger partial charge on any atom is 0.129 e. The second-order valence-electron chi connectivity index (χ2n) is 3.89. The second-order valence-corrected chi connectivity index (χ2v) is 4.81. The van der Waals surface area contributed by atoms with Gasteiger partial charge in [0.2, 0.25) is 0 Å². The minimum atomic E-state index is -0.313. The molecule has 3 N–H and O–H groups in total. The van der Waals surface area contributed by atoms with Crippen LogP contribution in [-0.4, -0.2) is 12.0 Å². The molecule has 94 valence electrons. The van der Waals surface area contributed by atoms with Crippen LogP contribution in [0, 0.1) is 5.82 Å². The maximum atomic E-state index is 14.0. The van der Waals surface area contributed by atoms with Crippen molar-refractivity contribution in [3.05, 3.63) is 58.1 Å². The largest absolute Gasteiger partial charge is 0.398 e. The first-order valence-electron chi connectivity index (χ1n) is 5.45. The Kier molecular flexibility index (Phi) is 3.93. The molecule has 0 aliphatic carbocycles. The van der Waals surface area contributed by atoms with Crippen LogP contribution in [-0.2, 0) is 0 Å². The number of anilines is 1. The van der Waals surface area contributed by atoms with Gasteiger partial charge in [-0.2, -0.15) is 0 Å². The highest BCUT2D eigenvalue weighted by atomic mass is 79.9. The highest BCUT2D eigenvalue weighted by Crippen LogP contribution is 2.28. The van der Waals surface area contributed by atoms with Gasteiger partial charge in [-0.25, -0.2) is 4.39 Å². The molecule has 1 atom stereocenters. The number of hydrogen-bond donors (Lipinski definition) is 2. The molecule has 2 aromatic rings. The first kappa shape index (κ1) is 13.0. The number of rotatable bonds is 3. The molecule has 0 fully saturated rings. The van der Waals surface area contributed by atoms with E-state index in [-0.39, 0.29) is 11.9 Å². The Bertz CT molecular complexity index is 560. The molecule has 1 aromatic carbocycles. The topological polar surface area (TPSA) is 50.9 Å². The Morgan fingerprint density at radius 1 is 1.33 bits per heavy atom. The smallest absolute Gasteiger partial charge is 0.129 e. The molecule has 0 radical (unpaired) electrons. The summed E-state index contributed by atoms with van der Waals surface area (Å²) in [6.45, 7) is 0. The van der Waals surface area contributed by atoms with Crippen molar-refractivity contribution in [1.29, 1.82) is 0 Å². The number of hydrogen-bond acceptors (Lipinski definition) is 3. The van der Waals surface area contributed by atoms with Gasteiger partial charge in [0.1, 0.15) is 5.82 Å². The zero-order chi connectivity index (χ0) is 13.1. The molecule has 0 aliphatic rings. The zero-order valence-electron chi connectivity index (χ0n) is 9.82. The summed E-state index contributed by atoms with van der Waals surface area (Å²) in [6.07, 6.45) is 3.27. The van der Waals surface area contributed by atoms with E-state index in [0.717, 1.165) is 5.56 Å². The lowest BCUT2D eigenvalue weighted by Crippen LogP contribution is -2.20. The number of nitrogens with one attached hydrogen (secondary N) is 1. The summed E-state index contributed by atoms with van der Waals surface area (Å²) >= 11 is 3.24. The van der Waals surface area contributed by atoms with E-state index in [1.54, 1.807) is 37.6 Å². The van der Waals surface area contributed by atoms with Crippen molar-refractivity contribution in [2.45, 2.75) is 6.04 Å². The summed E-state index contributed by atoms with van der Waals surface area (Å²) in [5.41, 5.74) is 7.80. The number of nitrogens with zero attached hydrogens (tertiary/aromatic N) is 1. The number of benzene rings is 1. The van der Waals surface area contributed by atoms with Crippen molar-refractivity contribution in [1.82, 2.24) is 10.3 Å². The fraction of sp³-hybridized carbons (Fsp3) is 0.154. The Hall–Kier alpha value is -1.46. The lowest BCUT2D eigenvalue weighted by atomic mass is 9.98. The minimum Gasteiger partial charge on any atom is -0.398 e. The predicted molar refractivity (Wildman–Crippen MR) is 73.7 cm³/mol. The van der Waals surface area contributed by atoms with E-state index in [4.69, 9.17) is 5.73 Å². The van der Waals surface area contributed by atoms with Gasteiger partial charge >= 0.3 is 0 Å². The van der Waals surface area contributed by atoms with Crippen LogP contribution in [0.4, 0.5) is 10.1 Å². The zero-order valence-corrected chi connectivity index (χ0v) is 11.4. The third-order valence-electron chi connectivity index (χ3n) is 2.76. The number of nitrogen functional groups attached to an aromatic ring is 1. The van der Waals surface area contributed by atoms with Crippen LogP contribution in [0.15, 0.2) is 41.1 Å². The fourth-order valence-electron chi connectivity index (χ4n) is 1.87. The molecule has 1 heterocycles. The molecule has 0 aliphatic heterocycles. The summed E-state index contributed by atoms with van der Waals surface area (Å²) in [6, 6.07) is 6.36. The molecule has 5 heteroatoms. The summed E-state index contributed by atoms with van der Waals surface area (Å²) in [7, 11) is 1.76. The Labute approximate surface area is 113 Å². The minimum absolute atomic E-state index is 0.285. The van der Waals surface area contributed by atoms with Gasteiger partial charge in [-0.15, -0.1) is 0 Å². The fourth-order valence-corrected chi connectivity index (χ4v) is 2.21. The van der Waals surface area contributed by atoms with E-state index in [9.17, 15) is 4.39 Å². The van der Waals surface area contributed by atoms with Crippen molar-refractivity contribution >= 4 is 21.6 Å². The van der Waals surface area contributed by atoms with Gasteiger partial charge in [0.25, 0.3) is 0 Å². The van der Waals surface area contributed by atoms with Crippen LogP contribution < -0.4 is 11.1 Å². The van der Waals surface area contributed by atoms with Crippen molar-refractivity contribution in [2.24, 2.45) is 0 Å². The Morgan fingerprint density at radius 2 is 2.11 bits per heavy atom. The third-order valence-corrected chi connectivity index (χ3v) is 3.25. The monoisotopic (exact) mass is 309 g/mol. The van der Waals surface area contributed by atoms with Crippen LogP contribution in [0.2, 0.25) is 0 Å². The van der Waals surface area contributed by atoms with Crippen molar-refractivity contribution in [2.75, 3.05) is 12.8 Å². The third kappa shape index (κ3) is 2.52. The van der Waals surface area contributed by atoms with Crippen LogP contribution in [0.25, 0.3) is 0 Å². The van der Waals surface area contributed by atoms with Crippen LogP contribution in [0.1, 0.15) is 17.2 Å². The quantitative estimate of drug-likeness (QED) is 0.916. The van der Waals surface area contributed by atoms with Crippen LogP contribution >= 0.6 is 15.9 Å². The SMILES string of the molecule is CNC(c1cnccc1N)c1ccc(Br)cc1F. The van der Waals surface area contributed by atoms with E-state index in [1.165, 1.54) is 6.07 Å². The molecule has 0 amide bonds. The number of halogens is 2. The van der Waals surface area contributed by atoms with E-state index < -0.39 is 0 Å². The standard InChI is InChI=1S/C13H13BrFN3/c1-17-13(10-7-18-5-4-12(10)16)9-3-2-8(14)6-11(9)15/h2-7,13,17H,1H3,(H2,16,18). The summed E-state index contributed by atoms with van der Waals surface area (Å²) in [5.74, 6) is -0.285. The molecule has 18 heavy (non-hydrogen) atoms. The molecular formula is C13H13BrFN3. The predicted octanol–water partition coefficient (Wildman–Crippen LogP) is 2.87. The van der Waals surface area contributed by atoms with Gasteiger partial charge < -0.3 is 11.1 Å². The van der Waals surface area contributed by atoms with Gasteiger partial charge in [-0.3, -0.25) is 4.98 Å². The molecule has 0 spiro atoms. The summed E-state index contributed by atoms with van der Waals surface area (Å²) < 4.78 is 14.7. The van der Waals surface area contributed by atoms with Gasteiger partial charge in [0.15, 0.2) is 0 Å². The van der Waals surface area contributed by atoms with Gasteiger partial charge in [-0.05, 0) is 25.2 Å². The van der Waals surface area contributed by atoms with Gasteiger partial charge in [0, 0.05) is 33.7 Å². The highest BCUT2D eigenvalue weighted by molar-refractivity contribution is 9.10. The van der Waals surface area contributed by atoms with Crippen LogP contribution in [0.3, 0.4) is 0 Å². The molecule has 0 saturated carbocycles. The van der Waals surface area contributed by atoms with E-state index in [2.05, 4.69) is 26.2 Å². The highest BCUT2D eigenvalue weighted by Gasteiger charge is 2.18. The summed E-state index contributed by atoms with van der Waals surface area (Å²) in [5, 5.41) is 3.06. The van der Waals surface area contributed by atoms with E-state index >= 15 is 0 Å².